The fraction of sp³-hybridized carbons (Fsp3) is 0.778. The van der Waals surface area contributed by atoms with E-state index in [9.17, 15) is 9.59 Å². The summed E-state index contributed by atoms with van der Waals surface area (Å²) in [5, 5.41) is 0. The lowest BCUT2D eigenvalue weighted by atomic mass is 10.2. The monoisotopic (exact) mass is 250 g/mol. The van der Waals surface area contributed by atoms with Gasteiger partial charge in [0.15, 0.2) is 0 Å². The van der Waals surface area contributed by atoms with Crippen molar-refractivity contribution < 1.29 is 19.2 Å². The Morgan fingerprint density at radius 3 is 2.31 bits per heavy atom. The molecule has 2 N–H and O–H groups in total. The van der Waals surface area contributed by atoms with Crippen molar-refractivity contribution in [3.05, 3.63) is 0 Å². The number of carbonyl (C=O) groups is 2. The van der Waals surface area contributed by atoms with Crippen LogP contribution in [0.4, 0.5) is 4.79 Å². The molecular weight excluding hydrogens is 232 g/mol. The van der Waals surface area contributed by atoms with E-state index in [0.29, 0.717) is 5.75 Å². The largest absolute Gasteiger partial charge is 0.443 e. The first-order valence-corrected chi connectivity index (χ1v) is 5.41. The molecule has 0 saturated carbocycles. The average molecular weight is 250 g/mol. The van der Waals surface area contributed by atoms with Crippen LogP contribution in [0, 0.1) is 0 Å². The van der Waals surface area contributed by atoms with Gasteiger partial charge in [0.1, 0.15) is 12.2 Å². The van der Waals surface area contributed by atoms with Gasteiger partial charge >= 0.3 is 6.09 Å². The van der Waals surface area contributed by atoms with Gasteiger partial charge in [-0.15, -0.1) is 0 Å². The minimum atomic E-state index is -0.719. The Balaban J connectivity index is 4.52. The minimum Gasteiger partial charge on any atom is -0.443 e. The van der Waals surface area contributed by atoms with Gasteiger partial charge in [-0.25, -0.2) is 15.6 Å². The normalized spacial score (nSPS) is 11.1. The van der Waals surface area contributed by atoms with Gasteiger partial charge in [-0.2, -0.15) is 12.6 Å². The number of rotatable bonds is 4. The Bertz CT molecular complexity index is 252. The van der Waals surface area contributed by atoms with Crippen LogP contribution >= 0.6 is 12.6 Å². The molecule has 94 valence electrons. The van der Waals surface area contributed by atoms with E-state index in [-0.39, 0.29) is 13.2 Å². The molecule has 0 aliphatic carbocycles. The van der Waals surface area contributed by atoms with Crippen LogP contribution in [0.25, 0.3) is 0 Å². The predicted molar refractivity (Wildman–Crippen MR) is 61.9 cm³/mol. The topological polar surface area (TPSA) is 81.9 Å². The van der Waals surface area contributed by atoms with E-state index < -0.39 is 17.6 Å². The van der Waals surface area contributed by atoms with Gasteiger partial charge in [-0.05, 0) is 20.8 Å². The lowest BCUT2D eigenvalue weighted by molar-refractivity contribution is -0.135. The molecule has 16 heavy (non-hydrogen) atoms. The molecule has 0 radical (unpaired) electrons. The Kier molecular flexibility index (Phi) is 6.39. The highest BCUT2D eigenvalue weighted by Gasteiger charge is 2.26. The van der Waals surface area contributed by atoms with E-state index in [1.165, 1.54) is 0 Å². The molecule has 0 atom stereocenters. The summed E-state index contributed by atoms with van der Waals surface area (Å²) < 4.78 is 5.06. The molecule has 0 spiro atoms. The summed E-state index contributed by atoms with van der Waals surface area (Å²) in [6, 6.07) is 0. The molecule has 0 aliphatic heterocycles. The molecule has 2 amide bonds. The van der Waals surface area contributed by atoms with Crippen molar-refractivity contribution in [1.82, 2.24) is 4.90 Å². The van der Waals surface area contributed by atoms with E-state index in [1.807, 2.05) is 0 Å². The summed E-state index contributed by atoms with van der Waals surface area (Å²) in [4.78, 5) is 28.2. The molecule has 0 aliphatic rings. The maximum atomic E-state index is 11.6. The summed E-state index contributed by atoms with van der Waals surface area (Å²) >= 11 is 3.95. The number of imide groups is 1. The summed E-state index contributed by atoms with van der Waals surface area (Å²) in [5.41, 5.74) is -0.657. The summed E-state index contributed by atoms with van der Waals surface area (Å²) in [6.45, 7) is 4.93. The summed E-state index contributed by atoms with van der Waals surface area (Å²) in [6.07, 6.45) is -0.719. The first-order valence-electron chi connectivity index (χ1n) is 4.77. The van der Waals surface area contributed by atoms with Crippen molar-refractivity contribution in [1.29, 1.82) is 0 Å². The lowest BCUT2D eigenvalue weighted by Gasteiger charge is -2.25. The molecule has 0 aromatic carbocycles. The maximum Gasteiger partial charge on any atom is 0.417 e. The van der Waals surface area contributed by atoms with Crippen LogP contribution in [-0.2, 0) is 14.4 Å². The number of thiol groups is 1. The molecule has 0 rings (SSSR count). The first kappa shape index (κ1) is 15.2. The number of hydrogen-bond donors (Lipinski definition) is 2. The minimum absolute atomic E-state index is 0.153. The molecule has 0 fully saturated rings. The molecule has 0 aromatic heterocycles. The smallest absolute Gasteiger partial charge is 0.417 e. The Morgan fingerprint density at radius 2 is 1.94 bits per heavy atom. The third-order valence-corrected chi connectivity index (χ3v) is 1.65. The van der Waals surface area contributed by atoms with Crippen LogP contribution in [-0.4, -0.2) is 41.4 Å². The van der Waals surface area contributed by atoms with Crippen LogP contribution in [0.1, 0.15) is 20.8 Å². The second-order valence-corrected chi connectivity index (χ2v) is 4.51. The van der Waals surface area contributed by atoms with Crippen molar-refractivity contribution in [3.8, 4) is 0 Å². The van der Waals surface area contributed by atoms with Crippen LogP contribution in [0.15, 0.2) is 0 Å². The standard InChI is InChI=1S/C9H18N2O4S/c1-9(2,3)15-8(13)11(4-5-16)7(12)6-14-10/h16H,4-6,10H2,1-3H3. The number of ether oxygens (including phenoxy) is 1. The molecule has 0 heterocycles. The third-order valence-electron chi connectivity index (χ3n) is 1.45. The Morgan fingerprint density at radius 1 is 1.38 bits per heavy atom. The van der Waals surface area contributed by atoms with Crippen LogP contribution in [0.5, 0.6) is 0 Å². The van der Waals surface area contributed by atoms with Crippen LogP contribution < -0.4 is 5.90 Å². The molecular formula is C9H18N2O4S. The van der Waals surface area contributed by atoms with Crippen molar-refractivity contribution in [2.24, 2.45) is 5.90 Å². The fourth-order valence-corrected chi connectivity index (χ4v) is 1.08. The number of hydrogen-bond acceptors (Lipinski definition) is 6. The highest BCUT2D eigenvalue weighted by molar-refractivity contribution is 7.80. The zero-order valence-electron chi connectivity index (χ0n) is 9.73. The van der Waals surface area contributed by atoms with Crippen LogP contribution in [0.2, 0.25) is 0 Å². The quantitative estimate of drug-likeness (QED) is 0.563. The van der Waals surface area contributed by atoms with Gasteiger partial charge in [-0.3, -0.25) is 9.63 Å². The molecule has 7 heteroatoms. The van der Waals surface area contributed by atoms with E-state index in [2.05, 4.69) is 17.5 Å². The number of nitrogens with two attached hydrogens (primary N) is 1. The Hall–Kier alpha value is -0.790. The van der Waals surface area contributed by atoms with Crippen molar-refractivity contribution in [2.75, 3.05) is 18.9 Å². The molecule has 0 unspecified atom stereocenters. The van der Waals surface area contributed by atoms with Gasteiger partial charge in [-0.1, -0.05) is 0 Å². The zero-order chi connectivity index (χ0) is 12.8. The zero-order valence-corrected chi connectivity index (χ0v) is 10.6. The molecule has 0 aromatic rings. The predicted octanol–water partition coefficient (Wildman–Crippen LogP) is 0.570. The van der Waals surface area contributed by atoms with Crippen molar-refractivity contribution in [3.63, 3.8) is 0 Å². The van der Waals surface area contributed by atoms with Gasteiger partial charge in [0.2, 0.25) is 0 Å². The highest BCUT2D eigenvalue weighted by Crippen LogP contribution is 2.10. The summed E-state index contributed by atoms with van der Waals surface area (Å²) in [5.74, 6) is 4.56. The fourth-order valence-electron chi connectivity index (χ4n) is 0.884. The third kappa shape index (κ3) is 5.94. The molecule has 6 nitrogen and oxygen atoms in total. The van der Waals surface area contributed by atoms with Crippen molar-refractivity contribution in [2.45, 2.75) is 26.4 Å². The number of nitrogens with zero attached hydrogens (tertiary/aromatic N) is 1. The van der Waals surface area contributed by atoms with Crippen molar-refractivity contribution >= 4 is 24.6 Å². The Labute approximate surface area is 100 Å². The molecule has 0 saturated heterocycles. The lowest BCUT2D eigenvalue weighted by Crippen LogP contribution is -2.43. The average Bonchev–Trinajstić information content (AvgIpc) is 2.11. The maximum absolute atomic E-state index is 11.6. The number of amides is 2. The highest BCUT2D eigenvalue weighted by atomic mass is 32.1. The van der Waals surface area contributed by atoms with Crippen LogP contribution in [0.3, 0.4) is 0 Å². The van der Waals surface area contributed by atoms with Gasteiger partial charge < -0.3 is 4.74 Å². The molecule has 0 bridgehead atoms. The second-order valence-electron chi connectivity index (χ2n) is 4.06. The van der Waals surface area contributed by atoms with E-state index in [0.717, 1.165) is 4.90 Å². The number of carbonyl (C=O) groups excluding carboxylic acids is 2. The van der Waals surface area contributed by atoms with Gasteiger partial charge in [0.05, 0.1) is 0 Å². The van der Waals surface area contributed by atoms with E-state index in [1.54, 1.807) is 20.8 Å². The first-order chi connectivity index (χ1) is 7.31. The SMILES string of the molecule is CC(C)(C)OC(=O)N(CCS)C(=O)CON. The summed E-state index contributed by atoms with van der Waals surface area (Å²) in [7, 11) is 0. The van der Waals surface area contributed by atoms with E-state index >= 15 is 0 Å². The van der Waals surface area contributed by atoms with Gasteiger partial charge in [0, 0.05) is 12.3 Å². The second kappa shape index (κ2) is 6.72. The van der Waals surface area contributed by atoms with E-state index in [4.69, 9.17) is 10.6 Å². The van der Waals surface area contributed by atoms with Gasteiger partial charge in [0.25, 0.3) is 5.91 Å².